The summed E-state index contributed by atoms with van der Waals surface area (Å²) in [6.07, 6.45) is -2.66. The number of aromatic nitrogens is 2. The molecule has 1 aromatic heterocycles. The van der Waals surface area contributed by atoms with Crippen molar-refractivity contribution < 1.29 is 19.3 Å². The van der Waals surface area contributed by atoms with E-state index in [9.17, 15) is 24.2 Å². The van der Waals surface area contributed by atoms with Crippen LogP contribution in [-0.4, -0.2) is 43.2 Å². The Balaban J connectivity index is 2.06. The number of H-pyrrole nitrogens is 1. The van der Waals surface area contributed by atoms with Crippen LogP contribution in [0.3, 0.4) is 0 Å². The van der Waals surface area contributed by atoms with E-state index in [-0.39, 0.29) is 0 Å². The predicted molar refractivity (Wildman–Crippen MR) is 55.7 cm³/mol. The number of aliphatic hydroxyl groups is 2. The zero-order valence-corrected chi connectivity index (χ0v) is 9.33. The van der Waals surface area contributed by atoms with Crippen molar-refractivity contribution in [2.45, 2.75) is 36.6 Å². The molecule has 1 aliphatic carbocycles. The molecule has 0 aromatic carbocycles. The molecule has 0 radical (unpaired) electrons. The van der Waals surface area contributed by atoms with Crippen LogP contribution in [0.2, 0.25) is 0 Å². The summed E-state index contributed by atoms with van der Waals surface area (Å²) in [7, 11) is 0. The first-order chi connectivity index (χ1) is 8.30. The number of aromatic amines is 1. The molecule has 5 atom stereocenters. The lowest BCUT2D eigenvalue weighted by Gasteiger charge is -2.29. The van der Waals surface area contributed by atoms with E-state index < -0.39 is 41.0 Å². The summed E-state index contributed by atoms with van der Waals surface area (Å²) >= 11 is 0. The number of ether oxygens (including phenoxy) is 1. The van der Waals surface area contributed by atoms with Gasteiger partial charge in [0.25, 0.3) is 5.56 Å². The van der Waals surface area contributed by atoms with Crippen molar-refractivity contribution in [3.8, 4) is 0 Å². The predicted octanol–water partition coefficient (Wildman–Crippen LogP) is -1.73. The smallest absolute Gasteiger partial charge is 0.330 e. The van der Waals surface area contributed by atoms with Crippen molar-refractivity contribution >= 4 is 0 Å². The Morgan fingerprint density at radius 2 is 2.22 bits per heavy atom. The summed E-state index contributed by atoms with van der Waals surface area (Å²) in [5, 5.41) is 19.3. The second-order valence-electron chi connectivity index (χ2n) is 4.77. The average Bonchev–Trinajstić information content (AvgIpc) is 2.72. The zero-order chi connectivity index (χ0) is 13.3. The summed E-state index contributed by atoms with van der Waals surface area (Å²) < 4.78 is 20.5. The highest BCUT2D eigenvalue weighted by molar-refractivity contribution is 5.30. The lowest BCUT2D eigenvalue weighted by molar-refractivity contribution is -0.117. The first kappa shape index (κ1) is 11.6. The van der Waals surface area contributed by atoms with Crippen molar-refractivity contribution in [2.75, 3.05) is 0 Å². The van der Waals surface area contributed by atoms with Crippen molar-refractivity contribution in [1.29, 1.82) is 0 Å². The number of nitrogens with one attached hydrogen (secondary N) is 1. The lowest BCUT2D eigenvalue weighted by atomic mass is 9.97. The summed E-state index contributed by atoms with van der Waals surface area (Å²) in [4.78, 5) is 24.4. The first-order valence-corrected chi connectivity index (χ1v) is 5.36. The molecule has 3 N–H and O–H groups in total. The molecule has 1 saturated carbocycles. The largest absolute Gasteiger partial charge is 0.387 e. The Kier molecular flexibility index (Phi) is 1.98. The summed E-state index contributed by atoms with van der Waals surface area (Å²) in [5.41, 5.74) is -5.79. The summed E-state index contributed by atoms with van der Waals surface area (Å²) in [6, 6.07) is 1.05. The molecule has 2 heterocycles. The number of aliphatic hydroxyl groups excluding tert-OH is 1. The minimum atomic E-state index is -2.33. The number of alkyl halides is 1. The molecule has 2 aliphatic rings. The van der Waals surface area contributed by atoms with Crippen LogP contribution in [0.25, 0.3) is 0 Å². The molecule has 0 amide bonds. The number of halogens is 1. The third kappa shape index (κ3) is 1.12. The fourth-order valence-electron chi connectivity index (χ4n) is 2.48. The molecule has 1 aromatic rings. The van der Waals surface area contributed by atoms with Crippen molar-refractivity contribution in [3.63, 3.8) is 0 Å². The van der Waals surface area contributed by atoms with Crippen LogP contribution >= 0.6 is 0 Å². The van der Waals surface area contributed by atoms with E-state index in [0.717, 1.165) is 23.8 Å². The molecule has 0 bridgehead atoms. The van der Waals surface area contributed by atoms with Gasteiger partial charge in [-0.15, -0.1) is 0 Å². The van der Waals surface area contributed by atoms with E-state index in [1.54, 1.807) is 0 Å². The minimum absolute atomic E-state index is 0.612. The molecule has 0 spiro atoms. The van der Waals surface area contributed by atoms with Gasteiger partial charge in [-0.2, -0.15) is 0 Å². The van der Waals surface area contributed by atoms with Crippen molar-refractivity contribution in [3.05, 3.63) is 33.1 Å². The van der Waals surface area contributed by atoms with Gasteiger partial charge >= 0.3 is 5.69 Å². The van der Waals surface area contributed by atoms with Crippen LogP contribution in [-0.2, 0) is 4.74 Å². The minimum Gasteiger partial charge on any atom is -0.387 e. The molecular weight excluding hydrogens is 247 g/mol. The number of rotatable bonds is 1. The van der Waals surface area contributed by atoms with Crippen molar-refractivity contribution in [1.82, 2.24) is 9.55 Å². The normalized spacial score (nSPS) is 45.9. The molecule has 18 heavy (non-hydrogen) atoms. The number of nitrogens with zero attached hydrogens (tertiary/aromatic N) is 1. The van der Waals surface area contributed by atoms with Crippen LogP contribution in [0.4, 0.5) is 4.39 Å². The van der Waals surface area contributed by atoms with Gasteiger partial charge in [0, 0.05) is 12.3 Å². The molecule has 1 aliphatic heterocycles. The van der Waals surface area contributed by atoms with Gasteiger partial charge in [0.05, 0.1) is 0 Å². The van der Waals surface area contributed by atoms with Gasteiger partial charge in [-0.25, -0.2) is 9.18 Å². The van der Waals surface area contributed by atoms with Gasteiger partial charge in [0.1, 0.15) is 12.2 Å². The van der Waals surface area contributed by atoms with Crippen molar-refractivity contribution in [2.24, 2.45) is 0 Å². The molecule has 98 valence electrons. The van der Waals surface area contributed by atoms with Crippen LogP contribution in [0.1, 0.15) is 13.2 Å². The van der Waals surface area contributed by atoms with E-state index in [1.165, 1.54) is 0 Å². The Bertz CT molecular complexity index is 623. The van der Waals surface area contributed by atoms with Gasteiger partial charge in [0.15, 0.2) is 17.5 Å². The quantitative estimate of drug-likeness (QED) is 0.555. The number of hydrogen-bond donors (Lipinski definition) is 3. The second kappa shape index (κ2) is 3.08. The third-order valence-corrected chi connectivity index (χ3v) is 3.69. The van der Waals surface area contributed by atoms with E-state index in [4.69, 9.17) is 4.74 Å². The molecule has 1 saturated heterocycles. The maximum absolute atomic E-state index is 14.5. The fourth-order valence-corrected chi connectivity index (χ4v) is 2.48. The monoisotopic (exact) mass is 258 g/mol. The first-order valence-electron chi connectivity index (χ1n) is 5.36. The highest BCUT2D eigenvalue weighted by Crippen LogP contribution is 2.60. The van der Waals surface area contributed by atoms with Crippen LogP contribution in [0, 0.1) is 0 Å². The number of fused-ring (bicyclic) bond motifs is 1. The SMILES string of the molecule is C[C@]1(F)[C@H](n2ccc(=O)[nH]c2=O)O[C@@H]2C(O)[C@@]21O. The highest BCUT2D eigenvalue weighted by Gasteiger charge is 2.83. The summed E-state index contributed by atoms with van der Waals surface area (Å²) in [5.74, 6) is 0. The lowest BCUT2D eigenvalue weighted by Crippen LogP contribution is -2.47. The Morgan fingerprint density at radius 3 is 2.72 bits per heavy atom. The summed E-state index contributed by atoms with van der Waals surface area (Å²) in [6.45, 7) is 1.05. The Hall–Kier alpha value is -1.51. The standard InChI is InChI=1S/C10H11FN2O5/c1-9(11)7(18-6-5(15)10(6,9)17)13-3-2-4(14)12-8(13)16/h2-3,5-7,15,17H,1H3,(H,12,14,16)/t5?,6-,7-,9+,10-/m1/s1. The van der Waals surface area contributed by atoms with Crippen LogP contribution in [0.5, 0.6) is 0 Å². The molecule has 2 fully saturated rings. The van der Waals surface area contributed by atoms with Gasteiger partial charge in [-0.3, -0.25) is 14.3 Å². The molecule has 3 rings (SSSR count). The second-order valence-corrected chi connectivity index (χ2v) is 4.77. The average molecular weight is 258 g/mol. The van der Waals surface area contributed by atoms with Crippen LogP contribution < -0.4 is 11.2 Å². The Labute approximate surface area is 99.4 Å². The van der Waals surface area contributed by atoms with Gasteiger partial charge in [-0.1, -0.05) is 0 Å². The zero-order valence-electron chi connectivity index (χ0n) is 9.33. The fraction of sp³-hybridized carbons (Fsp3) is 0.600. The van der Waals surface area contributed by atoms with Gasteiger partial charge in [0.2, 0.25) is 0 Å². The van der Waals surface area contributed by atoms with Gasteiger partial charge in [-0.05, 0) is 6.92 Å². The van der Waals surface area contributed by atoms with E-state index in [0.29, 0.717) is 0 Å². The van der Waals surface area contributed by atoms with E-state index in [1.807, 2.05) is 4.98 Å². The Morgan fingerprint density at radius 1 is 1.56 bits per heavy atom. The molecular formula is C10H11FN2O5. The van der Waals surface area contributed by atoms with Gasteiger partial charge < -0.3 is 14.9 Å². The molecule has 8 heteroatoms. The number of hydrogen-bond acceptors (Lipinski definition) is 5. The maximum Gasteiger partial charge on any atom is 0.330 e. The maximum atomic E-state index is 14.5. The third-order valence-electron chi connectivity index (χ3n) is 3.69. The van der Waals surface area contributed by atoms with E-state index >= 15 is 0 Å². The topological polar surface area (TPSA) is 105 Å². The highest BCUT2D eigenvalue weighted by atomic mass is 19.1. The molecule has 1 unspecified atom stereocenters. The van der Waals surface area contributed by atoms with Crippen LogP contribution in [0.15, 0.2) is 21.9 Å². The van der Waals surface area contributed by atoms with E-state index in [2.05, 4.69) is 0 Å². The molecule has 7 nitrogen and oxygen atoms in total.